The standard InChI is InChI=1S/C22H17NO4/c1-23-16(12-13-8-4-3-5-9-13)17(22(26)27-2)18-19(23)14-10-6-7-11-15(14)20(24)21(18)25/h3-11H,12H2,1-2H3. The molecule has 0 spiro atoms. The van der Waals surface area contributed by atoms with Crippen LogP contribution in [-0.4, -0.2) is 29.2 Å². The van der Waals surface area contributed by atoms with E-state index in [0.29, 0.717) is 28.9 Å². The number of methoxy groups -OCH3 is 1. The van der Waals surface area contributed by atoms with E-state index in [1.54, 1.807) is 18.2 Å². The minimum absolute atomic E-state index is 0.138. The first-order chi connectivity index (χ1) is 13.0. The number of rotatable bonds is 3. The van der Waals surface area contributed by atoms with Crippen LogP contribution in [0.4, 0.5) is 0 Å². The van der Waals surface area contributed by atoms with E-state index < -0.39 is 17.5 Å². The Kier molecular flexibility index (Phi) is 4.00. The molecule has 0 N–H and O–H groups in total. The van der Waals surface area contributed by atoms with E-state index in [-0.39, 0.29) is 11.1 Å². The summed E-state index contributed by atoms with van der Waals surface area (Å²) in [5, 5.41) is 0. The molecule has 0 saturated carbocycles. The van der Waals surface area contributed by atoms with Crippen molar-refractivity contribution in [2.75, 3.05) is 7.11 Å². The molecule has 0 fully saturated rings. The predicted octanol–water partition coefficient (Wildman–Crippen LogP) is 3.45. The molecule has 27 heavy (non-hydrogen) atoms. The van der Waals surface area contributed by atoms with Gasteiger partial charge in [0.15, 0.2) is 0 Å². The molecular formula is C22H17NO4. The highest BCUT2D eigenvalue weighted by Gasteiger charge is 2.39. The van der Waals surface area contributed by atoms with Crippen molar-refractivity contribution < 1.29 is 19.1 Å². The van der Waals surface area contributed by atoms with E-state index in [9.17, 15) is 14.4 Å². The number of esters is 1. The summed E-state index contributed by atoms with van der Waals surface area (Å²) >= 11 is 0. The van der Waals surface area contributed by atoms with Crippen molar-refractivity contribution in [1.29, 1.82) is 0 Å². The highest BCUT2D eigenvalue weighted by Crippen LogP contribution is 2.39. The van der Waals surface area contributed by atoms with Crippen LogP contribution in [0.15, 0.2) is 54.6 Å². The molecule has 0 radical (unpaired) electrons. The number of aromatic nitrogens is 1. The van der Waals surface area contributed by atoms with Crippen molar-refractivity contribution in [3.63, 3.8) is 0 Å². The average Bonchev–Trinajstić information content (AvgIpc) is 2.99. The van der Waals surface area contributed by atoms with Crippen molar-refractivity contribution in [2.45, 2.75) is 6.42 Å². The van der Waals surface area contributed by atoms with Gasteiger partial charge in [0.05, 0.1) is 23.9 Å². The van der Waals surface area contributed by atoms with Crippen LogP contribution in [0, 0.1) is 0 Å². The van der Waals surface area contributed by atoms with Crippen LogP contribution < -0.4 is 0 Å². The zero-order valence-corrected chi connectivity index (χ0v) is 15.0. The molecule has 1 aromatic heterocycles. The Morgan fingerprint density at radius 2 is 1.56 bits per heavy atom. The van der Waals surface area contributed by atoms with Gasteiger partial charge in [-0.1, -0.05) is 54.6 Å². The fraction of sp³-hybridized carbons (Fsp3) is 0.136. The Morgan fingerprint density at radius 1 is 0.926 bits per heavy atom. The largest absolute Gasteiger partial charge is 0.465 e. The summed E-state index contributed by atoms with van der Waals surface area (Å²) in [6, 6.07) is 16.6. The van der Waals surface area contributed by atoms with Crippen molar-refractivity contribution in [1.82, 2.24) is 4.57 Å². The lowest BCUT2D eigenvalue weighted by Gasteiger charge is -2.16. The third kappa shape index (κ3) is 2.51. The molecule has 1 aliphatic rings. The van der Waals surface area contributed by atoms with Gasteiger partial charge >= 0.3 is 5.97 Å². The lowest BCUT2D eigenvalue weighted by atomic mass is 9.86. The monoisotopic (exact) mass is 359 g/mol. The van der Waals surface area contributed by atoms with Crippen LogP contribution in [0.1, 0.15) is 42.3 Å². The summed E-state index contributed by atoms with van der Waals surface area (Å²) in [5.41, 5.74) is 3.55. The van der Waals surface area contributed by atoms with Gasteiger partial charge in [-0.2, -0.15) is 0 Å². The van der Waals surface area contributed by atoms with Crippen molar-refractivity contribution >= 4 is 17.5 Å². The first-order valence-electron chi connectivity index (χ1n) is 8.56. The number of fused-ring (bicyclic) bond motifs is 3. The number of nitrogens with zero attached hydrogens (tertiary/aromatic N) is 1. The third-order valence-corrected chi connectivity index (χ3v) is 4.98. The molecule has 0 atom stereocenters. The Bertz CT molecular complexity index is 1090. The molecule has 0 bridgehead atoms. The second-order valence-corrected chi connectivity index (χ2v) is 6.46. The quantitative estimate of drug-likeness (QED) is 0.531. The lowest BCUT2D eigenvalue weighted by molar-refractivity contribution is 0.0596. The average molecular weight is 359 g/mol. The minimum atomic E-state index is -0.668. The molecule has 1 aliphatic carbocycles. The molecule has 0 unspecified atom stereocenters. The highest BCUT2D eigenvalue weighted by atomic mass is 16.5. The molecule has 1 heterocycles. The van der Waals surface area contributed by atoms with Crippen LogP contribution in [0.3, 0.4) is 0 Å². The van der Waals surface area contributed by atoms with Crippen molar-refractivity contribution in [3.8, 4) is 11.3 Å². The Morgan fingerprint density at radius 3 is 2.22 bits per heavy atom. The normalized spacial score (nSPS) is 12.5. The summed E-state index contributed by atoms with van der Waals surface area (Å²) in [6.07, 6.45) is 0.443. The topological polar surface area (TPSA) is 65.4 Å². The number of benzene rings is 2. The van der Waals surface area contributed by atoms with Gasteiger partial charge in [0.25, 0.3) is 0 Å². The maximum Gasteiger partial charge on any atom is 0.340 e. The number of carbonyl (C=O) groups excluding carboxylic acids is 3. The number of hydrogen-bond donors (Lipinski definition) is 0. The van der Waals surface area contributed by atoms with E-state index in [4.69, 9.17) is 4.74 Å². The zero-order chi connectivity index (χ0) is 19.1. The summed E-state index contributed by atoms with van der Waals surface area (Å²) in [4.78, 5) is 38.1. The second kappa shape index (κ2) is 6.36. The fourth-order valence-electron chi connectivity index (χ4n) is 3.71. The van der Waals surface area contributed by atoms with E-state index >= 15 is 0 Å². The number of ether oxygens (including phenoxy) is 1. The molecule has 3 aromatic rings. The van der Waals surface area contributed by atoms with Gasteiger partial charge < -0.3 is 9.30 Å². The number of ketones is 2. The molecule has 134 valence electrons. The van der Waals surface area contributed by atoms with Crippen molar-refractivity contribution in [3.05, 3.63) is 82.5 Å². The minimum Gasteiger partial charge on any atom is -0.465 e. The molecule has 5 heteroatoms. The van der Waals surface area contributed by atoms with Gasteiger partial charge in [-0.3, -0.25) is 9.59 Å². The van der Waals surface area contributed by atoms with E-state index in [1.165, 1.54) is 7.11 Å². The molecular weight excluding hydrogens is 342 g/mol. The smallest absolute Gasteiger partial charge is 0.340 e. The second-order valence-electron chi connectivity index (χ2n) is 6.46. The van der Waals surface area contributed by atoms with E-state index in [2.05, 4.69) is 0 Å². The van der Waals surface area contributed by atoms with Gasteiger partial charge in [0.1, 0.15) is 0 Å². The van der Waals surface area contributed by atoms with Gasteiger partial charge in [-0.25, -0.2) is 4.79 Å². The SMILES string of the molecule is COC(=O)c1c2c(n(C)c1Cc1ccccc1)-c1ccccc1C(=O)C2=O. The summed E-state index contributed by atoms with van der Waals surface area (Å²) in [5.74, 6) is -1.88. The number of hydrogen-bond acceptors (Lipinski definition) is 4. The van der Waals surface area contributed by atoms with E-state index in [1.807, 2.05) is 48.0 Å². The van der Waals surface area contributed by atoms with Crippen LogP contribution in [0.25, 0.3) is 11.3 Å². The molecule has 2 aromatic carbocycles. The van der Waals surface area contributed by atoms with Crippen LogP contribution in [-0.2, 0) is 18.2 Å². The van der Waals surface area contributed by atoms with Crippen LogP contribution in [0.5, 0.6) is 0 Å². The molecule has 5 nitrogen and oxygen atoms in total. The Balaban J connectivity index is 2.03. The number of Topliss-reactive ketones (excluding diaryl/α,β-unsaturated/α-hetero) is 2. The maximum atomic E-state index is 12.9. The van der Waals surface area contributed by atoms with Crippen molar-refractivity contribution in [2.24, 2.45) is 7.05 Å². The molecule has 0 aliphatic heterocycles. The molecule has 4 rings (SSSR count). The summed E-state index contributed by atoms with van der Waals surface area (Å²) < 4.78 is 6.78. The Hall–Kier alpha value is -3.47. The highest BCUT2D eigenvalue weighted by molar-refractivity contribution is 6.53. The summed E-state index contributed by atoms with van der Waals surface area (Å²) in [7, 11) is 3.08. The van der Waals surface area contributed by atoms with Crippen LogP contribution >= 0.6 is 0 Å². The van der Waals surface area contributed by atoms with Gasteiger partial charge in [-0.15, -0.1) is 0 Å². The third-order valence-electron chi connectivity index (χ3n) is 4.98. The predicted molar refractivity (Wildman–Crippen MR) is 100 cm³/mol. The fourth-order valence-corrected chi connectivity index (χ4v) is 3.71. The van der Waals surface area contributed by atoms with Crippen LogP contribution in [0.2, 0.25) is 0 Å². The lowest BCUT2D eigenvalue weighted by Crippen LogP contribution is -2.23. The van der Waals surface area contributed by atoms with Gasteiger partial charge in [0.2, 0.25) is 11.6 Å². The summed E-state index contributed by atoms with van der Waals surface area (Å²) in [6.45, 7) is 0. The maximum absolute atomic E-state index is 12.9. The van der Waals surface area contributed by atoms with Gasteiger partial charge in [0, 0.05) is 30.3 Å². The first-order valence-corrected chi connectivity index (χ1v) is 8.56. The Labute approximate surface area is 156 Å². The van der Waals surface area contributed by atoms with E-state index in [0.717, 1.165) is 5.56 Å². The number of carbonyl (C=O) groups is 3. The molecule has 0 saturated heterocycles. The zero-order valence-electron chi connectivity index (χ0n) is 15.0. The van der Waals surface area contributed by atoms with Gasteiger partial charge in [-0.05, 0) is 5.56 Å². The molecule has 0 amide bonds. The first kappa shape index (κ1) is 17.0.